The van der Waals surface area contributed by atoms with Gasteiger partial charge in [0, 0.05) is 5.69 Å². The Kier molecular flexibility index (Phi) is 6.58. The molecule has 0 saturated carbocycles. The van der Waals surface area contributed by atoms with Gasteiger partial charge in [-0.2, -0.15) is 0 Å². The van der Waals surface area contributed by atoms with Crippen molar-refractivity contribution >= 4 is 35.6 Å². The molecule has 0 aliphatic rings. The second-order valence-corrected chi connectivity index (χ2v) is 4.81. The third-order valence-electron chi connectivity index (χ3n) is 2.81. The molecule has 0 fully saturated rings. The van der Waals surface area contributed by atoms with Crippen LogP contribution >= 0.6 is 11.6 Å². The summed E-state index contributed by atoms with van der Waals surface area (Å²) in [6.45, 7) is 1.36. The van der Waals surface area contributed by atoms with Crippen molar-refractivity contribution in [1.29, 1.82) is 0 Å². The Hall–Kier alpha value is -2.35. The number of H-pyrrole nitrogens is 1. The van der Waals surface area contributed by atoms with Gasteiger partial charge in [0.15, 0.2) is 0 Å². The molecule has 0 aliphatic carbocycles. The summed E-state index contributed by atoms with van der Waals surface area (Å²) in [5.41, 5.74) is 4.60. The molecule has 22 heavy (non-hydrogen) atoms. The summed E-state index contributed by atoms with van der Waals surface area (Å²) in [5, 5.41) is 10.6. The monoisotopic (exact) mass is 328 g/mol. The van der Waals surface area contributed by atoms with Crippen molar-refractivity contribution in [2.45, 2.75) is 26.2 Å². The summed E-state index contributed by atoms with van der Waals surface area (Å²) in [6.07, 6.45) is 3.14. The molecule has 0 bridgehead atoms. The molecule has 5 N–H and O–H groups in total. The number of carbonyl (C=O) groups excluding carboxylic acids is 1. The van der Waals surface area contributed by atoms with Crippen LogP contribution in [0.4, 0.5) is 5.82 Å². The minimum Gasteiger partial charge on any atom is -0.480 e. The minimum atomic E-state index is -1.24. The van der Waals surface area contributed by atoms with Crippen molar-refractivity contribution < 1.29 is 14.7 Å². The van der Waals surface area contributed by atoms with Crippen molar-refractivity contribution in [3.63, 3.8) is 0 Å². The molecule has 0 aromatic carbocycles. The number of nitrogens with two attached hydrogens (primary N) is 1. The highest BCUT2D eigenvalue weighted by Gasteiger charge is 2.21. The maximum Gasteiger partial charge on any atom is 0.322 e. The number of aryl methyl sites for hydroxylation is 1. The summed E-state index contributed by atoms with van der Waals surface area (Å²) in [4.78, 5) is 41.3. The van der Waals surface area contributed by atoms with Crippen LogP contribution in [-0.4, -0.2) is 34.9 Å². The number of aliphatic imine (C=N–C) groups is 1. The number of halogens is 1. The molecule has 9 heteroatoms. The number of carboxylic acids is 1. The number of carboxylic acid groups (broad SMARTS) is 1. The standard InChI is InChI=1S/C13H17ClN4O4/c1-2-3-4-7-10(14)11(21)9(12(18-7)17-6-15)13(22)16-5-8(19)20/h6H,2-5H2,1H3,(H,16,22)(H,19,20)(H3,15,17,18,21). The van der Waals surface area contributed by atoms with Gasteiger partial charge in [0.05, 0.1) is 6.34 Å². The first-order valence-corrected chi connectivity index (χ1v) is 6.99. The Morgan fingerprint density at radius 1 is 1.50 bits per heavy atom. The van der Waals surface area contributed by atoms with Crippen LogP contribution in [0.5, 0.6) is 0 Å². The first-order chi connectivity index (χ1) is 10.4. The van der Waals surface area contributed by atoms with Crippen molar-refractivity contribution in [3.05, 3.63) is 26.5 Å². The molecular weight excluding hydrogens is 312 g/mol. The van der Waals surface area contributed by atoms with Crippen molar-refractivity contribution in [2.24, 2.45) is 10.7 Å². The van der Waals surface area contributed by atoms with Crippen LogP contribution in [0.2, 0.25) is 5.02 Å². The van der Waals surface area contributed by atoms with E-state index in [4.69, 9.17) is 22.4 Å². The van der Waals surface area contributed by atoms with E-state index in [1.54, 1.807) is 0 Å². The van der Waals surface area contributed by atoms with Gasteiger partial charge in [0.2, 0.25) is 5.43 Å². The van der Waals surface area contributed by atoms with Gasteiger partial charge >= 0.3 is 5.97 Å². The SMILES string of the molecule is CCCCc1[nH]c(N=CN)c(C(=O)NCC(=O)O)c(=O)c1Cl. The Morgan fingerprint density at radius 3 is 2.73 bits per heavy atom. The highest BCUT2D eigenvalue weighted by Crippen LogP contribution is 2.20. The largest absolute Gasteiger partial charge is 0.480 e. The topological polar surface area (TPSA) is 138 Å². The number of pyridine rings is 1. The maximum atomic E-state index is 12.3. The number of aliphatic carboxylic acids is 1. The molecule has 120 valence electrons. The van der Waals surface area contributed by atoms with E-state index in [2.05, 4.69) is 15.3 Å². The van der Waals surface area contributed by atoms with E-state index in [1.165, 1.54) is 0 Å². The zero-order valence-electron chi connectivity index (χ0n) is 12.0. The summed E-state index contributed by atoms with van der Waals surface area (Å²) >= 11 is 5.99. The molecule has 0 atom stereocenters. The maximum absolute atomic E-state index is 12.3. The number of aromatic amines is 1. The smallest absolute Gasteiger partial charge is 0.322 e. The lowest BCUT2D eigenvalue weighted by atomic mass is 10.1. The summed E-state index contributed by atoms with van der Waals surface area (Å²) < 4.78 is 0. The van der Waals surface area contributed by atoms with E-state index in [1.807, 2.05) is 6.92 Å². The molecule has 1 amide bonds. The predicted molar refractivity (Wildman–Crippen MR) is 83.0 cm³/mol. The molecule has 0 aliphatic heterocycles. The highest BCUT2D eigenvalue weighted by molar-refractivity contribution is 6.31. The second kappa shape index (κ2) is 8.18. The van der Waals surface area contributed by atoms with E-state index in [9.17, 15) is 14.4 Å². The molecule has 0 saturated heterocycles. The minimum absolute atomic E-state index is 0.0501. The lowest BCUT2D eigenvalue weighted by Crippen LogP contribution is -2.33. The number of hydrogen-bond acceptors (Lipinski definition) is 4. The number of carbonyl (C=O) groups is 2. The Labute approximate surface area is 131 Å². The van der Waals surface area contributed by atoms with Crippen molar-refractivity contribution in [2.75, 3.05) is 6.54 Å². The van der Waals surface area contributed by atoms with Crippen LogP contribution in [0.25, 0.3) is 0 Å². The normalized spacial score (nSPS) is 10.8. The molecule has 0 spiro atoms. The van der Waals surface area contributed by atoms with Crippen LogP contribution in [0.3, 0.4) is 0 Å². The zero-order valence-corrected chi connectivity index (χ0v) is 12.7. The number of nitrogens with zero attached hydrogens (tertiary/aromatic N) is 1. The van der Waals surface area contributed by atoms with Crippen LogP contribution < -0.4 is 16.5 Å². The average Bonchev–Trinajstić information content (AvgIpc) is 2.47. The van der Waals surface area contributed by atoms with Gasteiger partial charge in [-0.3, -0.25) is 14.4 Å². The van der Waals surface area contributed by atoms with Gasteiger partial charge in [-0.15, -0.1) is 0 Å². The molecular formula is C13H17ClN4O4. The van der Waals surface area contributed by atoms with Crippen molar-refractivity contribution in [1.82, 2.24) is 10.3 Å². The van der Waals surface area contributed by atoms with Gasteiger partial charge in [0.25, 0.3) is 5.91 Å². The summed E-state index contributed by atoms with van der Waals surface area (Å²) in [6, 6.07) is 0. The average molecular weight is 329 g/mol. The molecule has 0 unspecified atom stereocenters. The number of aromatic nitrogens is 1. The van der Waals surface area contributed by atoms with Gasteiger partial charge < -0.3 is 21.1 Å². The predicted octanol–water partition coefficient (Wildman–Crippen LogP) is 0.804. The summed E-state index contributed by atoms with van der Waals surface area (Å²) in [5.74, 6) is -2.17. The van der Waals surface area contributed by atoms with E-state index in [0.717, 1.165) is 19.2 Å². The van der Waals surface area contributed by atoms with E-state index in [0.29, 0.717) is 12.1 Å². The number of nitrogens with one attached hydrogen (secondary N) is 2. The van der Waals surface area contributed by atoms with Gasteiger partial charge in [-0.1, -0.05) is 24.9 Å². The van der Waals surface area contributed by atoms with Crippen LogP contribution in [0.15, 0.2) is 9.79 Å². The molecule has 1 aromatic rings. The summed E-state index contributed by atoms with van der Waals surface area (Å²) in [7, 11) is 0. The number of rotatable bonds is 7. The Morgan fingerprint density at radius 2 is 2.18 bits per heavy atom. The Balaban J connectivity index is 3.31. The molecule has 0 radical (unpaired) electrons. The van der Waals surface area contributed by atoms with E-state index in [-0.39, 0.29) is 16.4 Å². The number of unbranched alkanes of at least 4 members (excludes halogenated alkanes) is 1. The first-order valence-electron chi connectivity index (χ1n) is 6.61. The lowest BCUT2D eigenvalue weighted by Gasteiger charge is -2.10. The van der Waals surface area contributed by atoms with Crippen LogP contribution in [0, 0.1) is 0 Å². The first kappa shape index (κ1) is 17.7. The third kappa shape index (κ3) is 4.32. The zero-order chi connectivity index (χ0) is 16.7. The van der Waals surface area contributed by atoms with Crippen molar-refractivity contribution in [3.8, 4) is 0 Å². The fraction of sp³-hybridized carbons (Fsp3) is 0.385. The number of hydrogen-bond donors (Lipinski definition) is 4. The molecule has 1 aromatic heterocycles. The van der Waals surface area contributed by atoms with E-state index < -0.39 is 23.9 Å². The van der Waals surface area contributed by atoms with Gasteiger partial charge in [-0.25, -0.2) is 4.99 Å². The lowest BCUT2D eigenvalue weighted by molar-refractivity contribution is -0.135. The van der Waals surface area contributed by atoms with Crippen LogP contribution in [-0.2, 0) is 11.2 Å². The van der Waals surface area contributed by atoms with Gasteiger partial charge in [0.1, 0.15) is 22.9 Å². The molecule has 8 nitrogen and oxygen atoms in total. The number of amides is 1. The third-order valence-corrected chi connectivity index (χ3v) is 3.21. The quantitative estimate of drug-likeness (QED) is 0.433. The fourth-order valence-electron chi connectivity index (χ4n) is 1.77. The Bertz CT molecular complexity index is 654. The second-order valence-electron chi connectivity index (χ2n) is 4.43. The molecule has 1 rings (SSSR count). The fourth-order valence-corrected chi connectivity index (χ4v) is 2.00. The van der Waals surface area contributed by atoms with E-state index >= 15 is 0 Å². The van der Waals surface area contributed by atoms with Crippen LogP contribution in [0.1, 0.15) is 35.8 Å². The highest BCUT2D eigenvalue weighted by atomic mass is 35.5. The van der Waals surface area contributed by atoms with Gasteiger partial charge in [-0.05, 0) is 12.8 Å². The molecule has 1 heterocycles.